The topological polar surface area (TPSA) is 35.0 Å². The molecule has 0 aromatic heterocycles. The molecule has 1 nitrogen and oxygen atoms in total. The lowest BCUT2D eigenvalue weighted by atomic mass is 10.2. The summed E-state index contributed by atoms with van der Waals surface area (Å²) in [7, 11) is 0. The molecular weight excluding hydrogens is 146 g/mol. The van der Waals surface area contributed by atoms with E-state index in [0.29, 0.717) is 0 Å². The zero-order chi connectivity index (χ0) is 8.69. The highest BCUT2D eigenvalue weighted by atomic mass is 14.0. The Bertz CT molecular complexity index is 177. The van der Waals surface area contributed by atoms with Crippen LogP contribution in [0.4, 0.5) is 0 Å². The van der Waals surface area contributed by atoms with Gasteiger partial charge in [-0.05, 0) is 13.8 Å². The smallest absolute Gasteiger partial charge is 0.0398 e. The van der Waals surface area contributed by atoms with Gasteiger partial charge in [-0.3, -0.25) is 0 Å². The molecule has 0 aliphatic rings. The van der Waals surface area contributed by atoms with Gasteiger partial charge in [-0.2, -0.15) is 0 Å². The van der Waals surface area contributed by atoms with Crippen LogP contribution in [0.15, 0.2) is 24.3 Å². The number of aryl methyl sites for hydroxylation is 2. The summed E-state index contributed by atoms with van der Waals surface area (Å²) in [4.78, 5) is 0. The van der Waals surface area contributed by atoms with Crippen LogP contribution in [0.1, 0.15) is 31.4 Å². The third-order valence-corrected chi connectivity index (χ3v) is 1.17. The maximum Gasteiger partial charge on any atom is -0.0398 e. The number of benzene rings is 1. The molecule has 0 saturated carbocycles. The highest BCUT2D eigenvalue weighted by Crippen LogP contribution is 2.00. The van der Waals surface area contributed by atoms with Gasteiger partial charge in [-0.25, -0.2) is 0 Å². The van der Waals surface area contributed by atoms with Gasteiger partial charge in [0, 0.05) is 0 Å². The Kier molecular flexibility index (Phi) is 9.48. The lowest BCUT2D eigenvalue weighted by molar-refractivity contribution is 1.09. The first kappa shape index (κ1) is 13.7. The molecule has 0 radical (unpaired) electrons. The summed E-state index contributed by atoms with van der Waals surface area (Å²) in [5.41, 5.74) is 2.68. The standard InChI is InChI=1S/C8H10.C3H8.H3N/c1-7-4-3-5-8(2)6-7;1-3-2;/h3-6H,1-2H3;3H2,1-2H3;1H3. The second kappa shape index (κ2) is 8.28. The van der Waals surface area contributed by atoms with Gasteiger partial charge in [-0.1, -0.05) is 55.7 Å². The van der Waals surface area contributed by atoms with Crippen molar-refractivity contribution in [2.45, 2.75) is 34.1 Å². The summed E-state index contributed by atoms with van der Waals surface area (Å²) in [6, 6.07) is 8.45. The van der Waals surface area contributed by atoms with Gasteiger partial charge in [0.25, 0.3) is 0 Å². The fourth-order valence-corrected chi connectivity index (χ4v) is 0.807. The molecule has 1 heteroatoms. The van der Waals surface area contributed by atoms with E-state index >= 15 is 0 Å². The van der Waals surface area contributed by atoms with Crippen molar-refractivity contribution in [3.8, 4) is 0 Å². The summed E-state index contributed by atoms with van der Waals surface area (Å²) < 4.78 is 0. The van der Waals surface area contributed by atoms with Crippen LogP contribution in [0.25, 0.3) is 0 Å². The third-order valence-electron chi connectivity index (χ3n) is 1.17. The molecule has 0 bridgehead atoms. The average Bonchev–Trinajstić information content (AvgIpc) is 1.88. The fraction of sp³-hybridized carbons (Fsp3) is 0.455. The minimum atomic E-state index is 0. The molecule has 1 aromatic carbocycles. The second-order valence-corrected chi connectivity index (χ2v) is 2.87. The first-order chi connectivity index (χ1) is 5.20. The predicted molar refractivity (Wildman–Crippen MR) is 56.9 cm³/mol. The van der Waals surface area contributed by atoms with E-state index in [4.69, 9.17) is 0 Å². The van der Waals surface area contributed by atoms with Crippen molar-refractivity contribution in [3.63, 3.8) is 0 Å². The van der Waals surface area contributed by atoms with Crippen molar-refractivity contribution >= 4 is 0 Å². The van der Waals surface area contributed by atoms with Crippen LogP contribution in [-0.2, 0) is 0 Å². The Morgan fingerprint density at radius 3 is 1.50 bits per heavy atom. The van der Waals surface area contributed by atoms with Crippen molar-refractivity contribution in [3.05, 3.63) is 35.4 Å². The van der Waals surface area contributed by atoms with Crippen molar-refractivity contribution < 1.29 is 0 Å². The van der Waals surface area contributed by atoms with Crippen molar-refractivity contribution in [2.75, 3.05) is 0 Å². The van der Waals surface area contributed by atoms with Crippen LogP contribution >= 0.6 is 0 Å². The third kappa shape index (κ3) is 7.29. The van der Waals surface area contributed by atoms with Gasteiger partial charge in [0.05, 0.1) is 0 Å². The largest absolute Gasteiger partial charge is 0.344 e. The molecule has 0 aliphatic carbocycles. The molecule has 3 N–H and O–H groups in total. The Balaban J connectivity index is 0. The van der Waals surface area contributed by atoms with Crippen molar-refractivity contribution in [1.29, 1.82) is 0 Å². The average molecular weight is 167 g/mol. The van der Waals surface area contributed by atoms with E-state index < -0.39 is 0 Å². The molecule has 0 heterocycles. The quantitative estimate of drug-likeness (QED) is 0.625. The summed E-state index contributed by atoms with van der Waals surface area (Å²) in [5.74, 6) is 0. The van der Waals surface area contributed by atoms with Crippen LogP contribution in [-0.4, -0.2) is 0 Å². The predicted octanol–water partition coefficient (Wildman–Crippen LogP) is 3.88. The van der Waals surface area contributed by atoms with Gasteiger partial charge in [0.1, 0.15) is 0 Å². The van der Waals surface area contributed by atoms with Gasteiger partial charge in [0.2, 0.25) is 0 Å². The normalized spacial score (nSPS) is 7.67. The first-order valence-electron chi connectivity index (χ1n) is 4.24. The van der Waals surface area contributed by atoms with E-state index in [-0.39, 0.29) is 6.15 Å². The molecular formula is C11H21N. The molecule has 12 heavy (non-hydrogen) atoms. The van der Waals surface area contributed by atoms with Crippen molar-refractivity contribution in [1.82, 2.24) is 6.15 Å². The van der Waals surface area contributed by atoms with Crippen LogP contribution in [0.5, 0.6) is 0 Å². The molecule has 0 spiro atoms. The van der Waals surface area contributed by atoms with E-state index in [0.717, 1.165) is 0 Å². The van der Waals surface area contributed by atoms with E-state index in [2.05, 4.69) is 52.0 Å². The Morgan fingerprint density at radius 2 is 1.33 bits per heavy atom. The second-order valence-electron chi connectivity index (χ2n) is 2.87. The summed E-state index contributed by atoms with van der Waals surface area (Å²) in [6.45, 7) is 8.46. The number of rotatable bonds is 0. The molecule has 0 fully saturated rings. The lowest BCUT2D eigenvalue weighted by Gasteiger charge is -1.90. The zero-order valence-corrected chi connectivity index (χ0v) is 8.72. The molecule has 1 aromatic rings. The minimum Gasteiger partial charge on any atom is -0.344 e. The SMILES string of the molecule is CCC.Cc1cccc(C)c1.N. The van der Waals surface area contributed by atoms with Crippen LogP contribution in [0.3, 0.4) is 0 Å². The van der Waals surface area contributed by atoms with E-state index in [9.17, 15) is 0 Å². The van der Waals surface area contributed by atoms with Crippen LogP contribution < -0.4 is 6.15 Å². The maximum atomic E-state index is 2.17. The molecule has 0 saturated heterocycles. The van der Waals surface area contributed by atoms with E-state index in [1.54, 1.807) is 0 Å². The van der Waals surface area contributed by atoms with Gasteiger partial charge in [0.15, 0.2) is 0 Å². The van der Waals surface area contributed by atoms with E-state index in [1.165, 1.54) is 17.5 Å². The van der Waals surface area contributed by atoms with E-state index in [1.807, 2.05) is 0 Å². The van der Waals surface area contributed by atoms with Gasteiger partial charge < -0.3 is 6.15 Å². The summed E-state index contributed by atoms with van der Waals surface area (Å²) >= 11 is 0. The number of hydrogen-bond acceptors (Lipinski definition) is 1. The Labute approximate surface area is 76.4 Å². The maximum absolute atomic E-state index is 2.17. The highest BCUT2D eigenvalue weighted by Gasteiger charge is 1.80. The fourth-order valence-electron chi connectivity index (χ4n) is 0.807. The molecule has 1 rings (SSSR count). The summed E-state index contributed by atoms with van der Waals surface area (Å²) in [5, 5.41) is 0. The Morgan fingerprint density at radius 1 is 1.00 bits per heavy atom. The van der Waals surface area contributed by atoms with Crippen molar-refractivity contribution in [2.24, 2.45) is 0 Å². The molecule has 0 amide bonds. The molecule has 0 unspecified atom stereocenters. The summed E-state index contributed by atoms with van der Waals surface area (Å²) in [6.07, 6.45) is 1.25. The number of hydrogen-bond donors (Lipinski definition) is 1. The molecule has 70 valence electrons. The monoisotopic (exact) mass is 167 g/mol. The highest BCUT2D eigenvalue weighted by molar-refractivity contribution is 5.20. The van der Waals surface area contributed by atoms with Crippen LogP contribution in [0, 0.1) is 13.8 Å². The zero-order valence-electron chi connectivity index (χ0n) is 8.72. The van der Waals surface area contributed by atoms with Gasteiger partial charge in [-0.15, -0.1) is 0 Å². The Hall–Kier alpha value is -0.820. The first-order valence-corrected chi connectivity index (χ1v) is 4.24. The van der Waals surface area contributed by atoms with Gasteiger partial charge >= 0.3 is 0 Å². The lowest BCUT2D eigenvalue weighted by Crippen LogP contribution is -1.71. The van der Waals surface area contributed by atoms with Crippen LogP contribution in [0.2, 0.25) is 0 Å². The molecule has 0 aliphatic heterocycles. The minimum absolute atomic E-state index is 0. The molecule has 0 atom stereocenters.